The molecular weight excluding hydrogens is 416 g/mol. The van der Waals surface area contributed by atoms with Crippen LogP contribution in [0.3, 0.4) is 0 Å². The van der Waals surface area contributed by atoms with E-state index in [4.69, 9.17) is 23.7 Å². The molecule has 2 N–H and O–H groups in total. The van der Waals surface area contributed by atoms with E-state index in [0.717, 1.165) is 27.2 Å². The number of ether oxygens (including phenoxy) is 5. The molecule has 0 aromatic rings. The molecule has 2 aliphatic heterocycles. The Bertz CT molecular complexity index is 706. The van der Waals surface area contributed by atoms with Gasteiger partial charge in [-0.1, -0.05) is 0 Å². The molecule has 0 aliphatic carbocycles. The van der Waals surface area contributed by atoms with Gasteiger partial charge in [-0.05, 0) is 19.4 Å². The summed E-state index contributed by atoms with van der Waals surface area (Å²) in [5.74, 6) is -3.20. The van der Waals surface area contributed by atoms with Gasteiger partial charge in [0, 0.05) is 27.7 Å². The van der Waals surface area contributed by atoms with Crippen LogP contribution < -0.4 is 10.6 Å². The normalized spacial score (nSPS) is 30.1. The van der Waals surface area contributed by atoms with Crippen molar-refractivity contribution >= 4 is 29.8 Å². The highest BCUT2D eigenvalue weighted by atomic mass is 16.7. The van der Waals surface area contributed by atoms with Crippen molar-refractivity contribution in [2.45, 2.75) is 77.2 Å². The summed E-state index contributed by atoms with van der Waals surface area (Å²) in [7, 11) is 0. The maximum atomic E-state index is 12.7. The lowest BCUT2D eigenvalue weighted by Gasteiger charge is -2.44. The first-order valence-corrected chi connectivity index (χ1v) is 9.92. The van der Waals surface area contributed by atoms with Crippen molar-refractivity contribution in [2.24, 2.45) is 0 Å². The summed E-state index contributed by atoms with van der Waals surface area (Å²) in [6.07, 6.45) is -3.63. The third kappa shape index (κ3) is 7.17. The summed E-state index contributed by atoms with van der Waals surface area (Å²) < 4.78 is 26.6. The highest BCUT2D eigenvalue weighted by molar-refractivity contribution is 5.82. The van der Waals surface area contributed by atoms with Gasteiger partial charge >= 0.3 is 23.9 Å². The quantitative estimate of drug-likeness (QED) is 0.364. The van der Waals surface area contributed by atoms with Crippen LogP contribution in [0.25, 0.3) is 0 Å². The Morgan fingerprint density at radius 2 is 1.52 bits per heavy atom. The molecule has 2 aliphatic rings. The summed E-state index contributed by atoms with van der Waals surface area (Å²) in [5.41, 5.74) is 0. The molecule has 6 atom stereocenters. The molecule has 0 radical (unpaired) electrons. The number of nitrogens with one attached hydrogen (secondary N) is 2. The summed E-state index contributed by atoms with van der Waals surface area (Å²) in [6, 6.07) is -1.66. The highest BCUT2D eigenvalue weighted by Gasteiger charge is 2.52. The van der Waals surface area contributed by atoms with Crippen LogP contribution in [0, 0.1) is 0 Å². The van der Waals surface area contributed by atoms with Gasteiger partial charge < -0.3 is 34.3 Å². The Balaban J connectivity index is 2.37. The molecule has 2 rings (SSSR count). The van der Waals surface area contributed by atoms with Crippen molar-refractivity contribution < 1.29 is 47.7 Å². The van der Waals surface area contributed by atoms with E-state index in [-0.39, 0.29) is 6.61 Å². The lowest BCUT2D eigenvalue weighted by atomic mass is 9.95. The van der Waals surface area contributed by atoms with E-state index in [2.05, 4.69) is 10.6 Å². The fourth-order valence-corrected chi connectivity index (χ4v) is 3.49. The van der Waals surface area contributed by atoms with Crippen molar-refractivity contribution in [3.63, 3.8) is 0 Å². The first-order valence-electron chi connectivity index (χ1n) is 9.92. The zero-order valence-corrected chi connectivity index (χ0v) is 17.9. The number of esters is 4. The number of rotatable bonds is 7. The van der Waals surface area contributed by atoms with Gasteiger partial charge in [0.15, 0.2) is 12.2 Å². The van der Waals surface area contributed by atoms with Gasteiger partial charge in [0.2, 0.25) is 12.2 Å². The van der Waals surface area contributed by atoms with Crippen LogP contribution in [0.1, 0.15) is 40.5 Å². The van der Waals surface area contributed by atoms with Gasteiger partial charge in [-0.2, -0.15) is 0 Å². The van der Waals surface area contributed by atoms with Crippen LogP contribution in [-0.4, -0.2) is 79.6 Å². The molecule has 0 saturated carbocycles. The Morgan fingerprint density at radius 3 is 2.03 bits per heavy atom. The minimum absolute atomic E-state index is 0.367. The molecule has 12 nitrogen and oxygen atoms in total. The third-order valence-electron chi connectivity index (χ3n) is 4.67. The number of hydrogen-bond acceptors (Lipinski definition) is 11. The predicted octanol–water partition coefficient (Wildman–Crippen LogP) is -1.06. The fourth-order valence-electron chi connectivity index (χ4n) is 3.49. The van der Waals surface area contributed by atoms with Crippen molar-refractivity contribution in [3.8, 4) is 0 Å². The Kier molecular flexibility index (Phi) is 8.75. The lowest BCUT2D eigenvalue weighted by molar-refractivity contribution is -0.271. The van der Waals surface area contributed by atoms with Crippen LogP contribution in [-0.2, 0) is 47.7 Å². The largest absolute Gasteiger partial charge is 0.463 e. The zero-order chi connectivity index (χ0) is 23.1. The van der Waals surface area contributed by atoms with Gasteiger partial charge in [-0.15, -0.1) is 0 Å². The molecule has 0 spiro atoms. The van der Waals surface area contributed by atoms with Crippen LogP contribution in [0.4, 0.5) is 0 Å². The predicted molar refractivity (Wildman–Crippen MR) is 101 cm³/mol. The van der Waals surface area contributed by atoms with E-state index in [1.165, 1.54) is 6.92 Å². The number of carbonyl (C=O) groups excluding carboxylic acids is 5. The lowest BCUT2D eigenvalue weighted by Crippen LogP contribution is -2.67. The van der Waals surface area contributed by atoms with Gasteiger partial charge in [0.05, 0.1) is 6.04 Å². The zero-order valence-electron chi connectivity index (χ0n) is 17.9. The molecule has 0 aromatic heterocycles. The Hall–Kier alpha value is -2.73. The molecule has 1 amide bonds. The van der Waals surface area contributed by atoms with Crippen LogP contribution in [0.2, 0.25) is 0 Å². The summed E-state index contributed by atoms with van der Waals surface area (Å²) in [5, 5.41) is 5.71. The topological polar surface area (TPSA) is 156 Å². The maximum Gasteiger partial charge on any atom is 0.305 e. The second kappa shape index (κ2) is 11.0. The molecule has 0 aromatic carbocycles. The number of carbonyl (C=O) groups is 5. The monoisotopic (exact) mass is 444 g/mol. The van der Waals surface area contributed by atoms with Crippen molar-refractivity contribution in [1.29, 1.82) is 0 Å². The molecule has 31 heavy (non-hydrogen) atoms. The molecule has 0 bridgehead atoms. The van der Waals surface area contributed by atoms with Crippen molar-refractivity contribution in [2.75, 3.05) is 13.2 Å². The first-order chi connectivity index (χ1) is 14.6. The van der Waals surface area contributed by atoms with Gasteiger partial charge in [-0.25, -0.2) is 0 Å². The standard InChI is InChI=1S/C19H28N2O10/c1-9(22)27-8-14-16(28-10(2)23)17(29-11(3)24)15(19(31-14)30-12(4)25)21-18(26)13-6-5-7-20-13/h13-17,19-20H,5-8H2,1-4H3,(H,21,26)/t13-,14+,15+,16+,17+,19+/m0/s1. The van der Waals surface area contributed by atoms with E-state index in [9.17, 15) is 24.0 Å². The van der Waals surface area contributed by atoms with E-state index < -0.39 is 66.5 Å². The molecule has 2 heterocycles. The number of amides is 1. The molecule has 174 valence electrons. The van der Waals surface area contributed by atoms with Crippen molar-refractivity contribution in [1.82, 2.24) is 10.6 Å². The Labute approximate surface area is 179 Å². The van der Waals surface area contributed by atoms with Gasteiger partial charge in [0.25, 0.3) is 0 Å². The average Bonchev–Trinajstić information content (AvgIpc) is 3.18. The number of hydrogen-bond donors (Lipinski definition) is 2. The van der Waals surface area contributed by atoms with Crippen molar-refractivity contribution in [3.05, 3.63) is 0 Å². The van der Waals surface area contributed by atoms with E-state index in [1.54, 1.807) is 0 Å². The first kappa shape index (κ1) is 24.5. The smallest absolute Gasteiger partial charge is 0.305 e. The third-order valence-corrected chi connectivity index (χ3v) is 4.67. The minimum atomic E-state index is -1.39. The molecule has 2 fully saturated rings. The Morgan fingerprint density at radius 1 is 0.903 bits per heavy atom. The maximum absolute atomic E-state index is 12.7. The van der Waals surface area contributed by atoms with Crippen LogP contribution >= 0.6 is 0 Å². The second-order valence-corrected chi connectivity index (χ2v) is 7.29. The molecular formula is C19H28N2O10. The molecule has 2 saturated heterocycles. The van der Waals surface area contributed by atoms with Gasteiger partial charge in [0.1, 0.15) is 18.8 Å². The van der Waals surface area contributed by atoms with E-state index in [0.29, 0.717) is 13.0 Å². The average molecular weight is 444 g/mol. The molecule has 12 heteroatoms. The molecule has 0 unspecified atom stereocenters. The summed E-state index contributed by atoms with van der Waals surface area (Å²) in [4.78, 5) is 59.2. The van der Waals surface area contributed by atoms with E-state index >= 15 is 0 Å². The van der Waals surface area contributed by atoms with E-state index in [1.807, 2.05) is 0 Å². The SMILES string of the molecule is CC(=O)OC[C@H]1O[C@@H](OC(C)=O)[C@H](NC(=O)[C@@H]2CCCN2)[C@@H](OC(C)=O)[C@@H]1OC(C)=O. The van der Waals surface area contributed by atoms with Gasteiger partial charge in [-0.3, -0.25) is 24.0 Å². The van der Waals surface area contributed by atoms with Crippen LogP contribution in [0.5, 0.6) is 0 Å². The summed E-state index contributed by atoms with van der Waals surface area (Å²) >= 11 is 0. The fraction of sp³-hybridized carbons (Fsp3) is 0.737. The summed E-state index contributed by atoms with van der Waals surface area (Å²) in [6.45, 7) is 4.89. The minimum Gasteiger partial charge on any atom is -0.463 e. The second-order valence-electron chi connectivity index (χ2n) is 7.29. The van der Waals surface area contributed by atoms with Crippen LogP contribution in [0.15, 0.2) is 0 Å². The highest BCUT2D eigenvalue weighted by Crippen LogP contribution is 2.28.